The summed E-state index contributed by atoms with van der Waals surface area (Å²) in [5.41, 5.74) is 1.98. The highest BCUT2D eigenvalue weighted by atomic mass is 35.5. The van der Waals surface area contributed by atoms with E-state index in [4.69, 9.17) is 23.2 Å². The van der Waals surface area contributed by atoms with Gasteiger partial charge in [0, 0.05) is 36.9 Å². The Morgan fingerprint density at radius 3 is 2.33 bits per heavy atom. The van der Waals surface area contributed by atoms with Crippen molar-refractivity contribution in [1.82, 2.24) is 10.2 Å². The zero-order valence-corrected chi connectivity index (χ0v) is 13.1. The summed E-state index contributed by atoms with van der Waals surface area (Å²) in [6.45, 7) is 3.72. The standard InChI is InChI=1S/C15H16Cl2N4/c16-11-13-4-5-15(19-18-13)21-8-6-20(7-9-21)14-3-1-2-12(17)10-14/h1-5,10H,6-9,11H2. The maximum atomic E-state index is 6.05. The average molecular weight is 323 g/mol. The van der Waals surface area contributed by atoms with Gasteiger partial charge in [0.1, 0.15) is 0 Å². The average Bonchev–Trinajstić information content (AvgIpc) is 2.55. The first kappa shape index (κ1) is 14.4. The predicted octanol–water partition coefficient (Wildman–Crippen LogP) is 3.20. The molecule has 0 atom stereocenters. The second-order valence-corrected chi connectivity index (χ2v) is 5.67. The predicted molar refractivity (Wildman–Crippen MR) is 87.5 cm³/mol. The maximum absolute atomic E-state index is 6.05. The third-order valence-electron chi connectivity index (χ3n) is 3.62. The molecular formula is C15H16Cl2N4. The van der Waals surface area contributed by atoms with Gasteiger partial charge in [0.05, 0.1) is 11.6 Å². The Morgan fingerprint density at radius 1 is 0.952 bits per heavy atom. The van der Waals surface area contributed by atoms with E-state index in [1.54, 1.807) is 0 Å². The van der Waals surface area contributed by atoms with E-state index < -0.39 is 0 Å². The van der Waals surface area contributed by atoms with Gasteiger partial charge in [0.2, 0.25) is 0 Å². The van der Waals surface area contributed by atoms with Gasteiger partial charge in [-0.05, 0) is 30.3 Å². The lowest BCUT2D eigenvalue weighted by Crippen LogP contribution is -2.46. The van der Waals surface area contributed by atoms with Crippen LogP contribution in [0.2, 0.25) is 5.02 Å². The first-order valence-electron chi connectivity index (χ1n) is 6.90. The molecule has 0 bridgehead atoms. The lowest BCUT2D eigenvalue weighted by Gasteiger charge is -2.36. The van der Waals surface area contributed by atoms with Crippen LogP contribution in [0.25, 0.3) is 0 Å². The third kappa shape index (κ3) is 3.39. The third-order valence-corrected chi connectivity index (χ3v) is 4.13. The minimum absolute atomic E-state index is 0.399. The van der Waals surface area contributed by atoms with E-state index in [1.165, 1.54) is 5.69 Å². The number of nitrogens with zero attached hydrogens (tertiary/aromatic N) is 4. The van der Waals surface area contributed by atoms with Crippen molar-refractivity contribution in [3.63, 3.8) is 0 Å². The lowest BCUT2D eigenvalue weighted by molar-refractivity contribution is 0.643. The SMILES string of the molecule is ClCc1ccc(N2CCN(c3cccc(Cl)c3)CC2)nn1. The zero-order valence-electron chi connectivity index (χ0n) is 11.5. The van der Waals surface area contributed by atoms with Crippen molar-refractivity contribution >= 4 is 34.7 Å². The van der Waals surface area contributed by atoms with Gasteiger partial charge in [-0.1, -0.05) is 17.7 Å². The van der Waals surface area contributed by atoms with E-state index >= 15 is 0 Å². The molecule has 0 N–H and O–H groups in total. The van der Waals surface area contributed by atoms with Crippen LogP contribution in [0.1, 0.15) is 5.69 Å². The molecular weight excluding hydrogens is 307 g/mol. The highest BCUT2D eigenvalue weighted by Crippen LogP contribution is 2.22. The molecule has 0 saturated carbocycles. The van der Waals surface area contributed by atoms with Crippen LogP contribution in [0.5, 0.6) is 0 Å². The minimum Gasteiger partial charge on any atom is -0.368 e. The Labute approximate surface area is 134 Å². The smallest absolute Gasteiger partial charge is 0.151 e. The first-order valence-corrected chi connectivity index (χ1v) is 7.81. The Bertz CT molecular complexity index is 595. The van der Waals surface area contributed by atoms with Gasteiger partial charge in [-0.2, -0.15) is 5.10 Å². The number of piperazine rings is 1. The second-order valence-electron chi connectivity index (χ2n) is 4.97. The molecule has 6 heteroatoms. The second kappa shape index (κ2) is 6.50. The van der Waals surface area contributed by atoms with Crippen molar-refractivity contribution < 1.29 is 0 Å². The van der Waals surface area contributed by atoms with Crippen LogP contribution >= 0.6 is 23.2 Å². The minimum atomic E-state index is 0.399. The summed E-state index contributed by atoms with van der Waals surface area (Å²) >= 11 is 11.8. The fraction of sp³-hybridized carbons (Fsp3) is 0.333. The molecule has 1 aromatic carbocycles. The van der Waals surface area contributed by atoms with Crippen LogP contribution in [-0.2, 0) is 5.88 Å². The fourth-order valence-electron chi connectivity index (χ4n) is 2.46. The summed E-state index contributed by atoms with van der Waals surface area (Å²) in [5.74, 6) is 1.31. The molecule has 1 aromatic heterocycles. The van der Waals surface area contributed by atoms with E-state index in [0.29, 0.717) is 5.88 Å². The Kier molecular flexibility index (Phi) is 4.46. The normalized spacial score (nSPS) is 15.3. The van der Waals surface area contributed by atoms with Crippen LogP contribution in [0.3, 0.4) is 0 Å². The largest absolute Gasteiger partial charge is 0.368 e. The molecule has 1 fully saturated rings. The Hall–Kier alpha value is -1.52. The number of alkyl halides is 1. The van der Waals surface area contributed by atoms with Crippen molar-refractivity contribution in [3.8, 4) is 0 Å². The van der Waals surface area contributed by atoms with Crippen molar-refractivity contribution in [3.05, 3.63) is 47.1 Å². The molecule has 2 heterocycles. The van der Waals surface area contributed by atoms with Crippen molar-refractivity contribution in [1.29, 1.82) is 0 Å². The summed E-state index contributed by atoms with van der Waals surface area (Å²) in [6.07, 6.45) is 0. The molecule has 110 valence electrons. The molecule has 0 radical (unpaired) electrons. The van der Waals surface area contributed by atoms with Crippen molar-refractivity contribution in [2.75, 3.05) is 36.0 Å². The number of benzene rings is 1. The van der Waals surface area contributed by atoms with Gasteiger partial charge in [-0.3, -0.25) is 0 Å². The first-order chi connectivity index (χ1) is 10.3. The van der Waals surface area contributed by atoms with Crippen LogP contribution in [0.4, 0.5) is 11.5 Å². The summed E-state index contributed by atoms with van der Waals surface area (Å²) in [7, 11) is 0. The van der Waals surface area contributed by atoms with E-state index in [1.807, 2.05) is 30.3 Å². The summed E-state index contributed by atoms with van der Waals surface area (Å²) in [5, 5.41) is 9.12. The van der Waals surface area contributed by atoms with Gasteiger partial charge in [-0.25, -0.2) is 0 Å². The molecule has 1 saturated heterocycles. The summed E-state index contributed by atoms with van der Waals surface area (Å²) < 4.78 is 0. The molecule has 21 heavy (non-hydrogen) atoms. The number of anilines is 2. The van der Waals surface area contributed by atoms with Crippen molar-refractivity contribution in [2.45, 2.75) is 5.88 Å². The summed E-state index contributed by atoms with van der Waals surface area (Å²) in [6, 6.07) is 11.9. The molecule has 0 amide bonds. The molecule has 0 spiro atoms. The highest BCUT2D eigenvalue weighted by molar-refractivity contribution is 6.30. The number of hydrogen-bond donors (Lipinski definition) is 0. The van der Waals surface area contributed by atoms with Gasteiger partial charge < -0.3 is 9.80 Å². The van der Waals surface area contributed by atoms with E-state index in [-0.39, 0.29) is 0 Å². The van der Waals surface area contributed by atoms with Gasteiger partial charge >= 0.3 is 0 Å². The molecule has 0 unspecified atom stereocenters. The van der Waals surface area contributed by atoms with Gasteiger partial charge in [0.25, 0.3) is 0 Å². The molecule has 0 aliphatic carbocycles. The van der Waals surface area contributed by atoms with Gasteiger partial charge in [0.15, 0.2) is 5.82 Å². The monoisotopic (exact) mass is 322 g/mol. The molecule has 1 aliphatic heterocycles. The lowest BCUT2D eigenvalue weighted by atomic mass is 10.2. The number of halogens is 2. The highest BCUT2D eigenvalue weighted by Gasteiger charge is 2.18. The number of rotatable bonds is 3. The van der Waals surface area contributed by atoms with Crippen LogP contribution < -0.4 is 9.80 Å². The van der Waals surface area contributed by atoms with E-state index in [0.717, 1.165) is 42.7 Å². The molecule has 4 nitrogen and oxygen atoms in total. The molecule has 2 aromatic rings. The topological polar surface area (TPSA) is 32.3 Å². The Morgan fingerprint density at radius 2 is 1.71 bits per heavy atom. The zero-order chi connectivity index (χ0) is 14.7. The van der Waals surface area contributed by atoms with Crippen LogP contribution in [0, 0.1) is 0 Å². The fourth-order valence-corrected chi connectivity index (χ4v) is 2.79. The van der Waals surface area contributed by atoms with Crippen molar-refractivity contribution in [2.24, 2.45) is 0 Å². The molecule has 3 rings (SSSR count). The number of aromatic nitrogens is 2. The summed E-state index contributed by atoms with van der Waals surface area (Å²) in [4.78, 5) is 4.58. The van der Waals surface area contributed by atoms with Crippen LogP contribution in [-0.4, -0.2) is 36.4 Å². The van der Waals surface area contributed by atoms with E-state index in [9.17, 15) is 0 Å². The Balaban J connectivity index is 1.64. The number of hydrogen-bond acceptors (Lipinski definition) is 4. The quantitative estimate of drug-likeness (QED) is 0.812. The van der Waals surface area contributed by atoms with Crippen LogP contribution in [0.15, 0.2) is 36.4 Å². The molecule has 1 aliphatic rings. The maximum Gasteiger partial charge on any atom is 0.151 e. The van der Waals surface area contributed by atoms with E-state index in [2.05, 4.69) is 26.1 Å². The van der Waals surface area contributed by atoms with Gasteiger partial charge in [-0.15, -0.1) is 16.7 Å².